The Morgan fingerprint density at radius 1 is 1.17 bits per heavy atom. The van der Waals surface area contributed by atoms with Crippen molar-refractivity contribution in [1.82, 2.24) is 24.5 Å². The second-order valence-corrected chi connectivity index (χ2v) is 8.06. The smallest absolute Gasteiger partial charge is 0.225 e. The van der Waals surface area contributed by atoms with E-state index in [-0.39, 0.29) is 0 Å². The molecule has 2 atom stereocenters. The highest BCUT2D eigenvalue weighted by atomic mass is 32.1. The number of aromatic nitrogens is 4. The van der Waals surface area contributed by atoms with Crippen molar-refractivity contribution in [1.29, 1.82) is 0 Å². The quantitative estimate of drug-likeness (QED) is 0.849. The van der Waals surface area contributed by atoms with Crippen LogP contribution >= 0.6 is 11.5 Å². The zero-order valence-electron chi connectivity index (χ0n) is 14.3. The number of anilines is 1. The lowest BCUT2D eigenvalue weighted by atomic mass is 9.95. The van der Waals surface area contributed by atoms with Crippen LogP contribution in [0.25, 0.3) is 0 Å². The fraction of sp³-hybridized carbons (Fsp3) is 0.647. The molecule has 7 heteroatoms. The van der Waals surface area contributed by atoms with Crippen LogP contribution in [0.5, 0.6) is 0 Å². The summed E-state index contributed by atoms with van der Waals surface area (Å²) in [5, 5.41) is 4.34. The molecule has 6 nitrogen and oxygen atoms in total. The van der Waals surface area contributed by atoms with Crippen molar-refractivity contribution < 1.29 is 0 Å². The van der Waals surface area contributed by atoms with E-state index in [1.807, 2.05) is 18.5 Å². The molecule has 0 spiro atoms. The van der Waals surface area contributed by atoms with Crippen molar-refractivity contribution in [3.63, 3.8) is 0 Å². The van der Waals surface area contributed by atoms with Crippen LogP contribution in [0.2, 0.25) is 0 Å². The first-order chi connectivity index (χ1) is 11.7. The molecule has 3 saturated heterocycles. The lowest BCUT2D eigenvalue weighted by Gasteiger charge is -2.35. The van der Waals surface area contributed by atoms with E-state index >= 15 is 0 Å². The first-order valence-electron chi connectivity index (χ1n) is 8.78. The van der Waals surface area contributed by atoms with Gasteiger partial charge in [-0.05, 0) is 42.3 Å². The fourth-order valence-corrected chi connectivity index (χ4v) is 4.76. The van der Waals surface area contributed by atoms with E-state index in [0.717, 1.165) is 32.1 Å². The van der Waals surface area contributed by atoms with Crippen molar-refractivity contribution >= 4 is 17.5 Å². The average molecular weight is 344 g/mol. The van der Waals surface area contributed by atoms with Gasteiger partial charge in [-0.25, -0.2) is 9.97 Å². The van der Waals surface area contributed by atoms with Crippen LogP contribution < -0.4 is 4.90 Å². The van der Waals surface area contributed by atoms with Gasteiger partial charge in [-0.1, -0.05) is 18.3 Å². The monoisotopic (exact) mass is 344 g/mol. The lowest BCUT2D eigenvalue weighted by molar-refractivity contribution is 0.127. The predicted molar refractivity (Wildman–Crippen MR) is 95.2 cm³/mol. The van der Waals surface area contributed by atoms with Crippen molar-refractivity contribution in [2.45, 2.75) is 45.2 Å². The maximum Gasteiger partial charge on any atom is 0.225 e. The molecule has 24 heavy (non-hydrogen) atoms. The van der Waals surface area contributed by atoms with Gasteiger partial charge in [0.05, 0.1) is 10.6 Å². The number of piperidine rings is 1. The summed E-state index contributed by atoms with van der Waals surface area (Å²) >= 11 is 1.56. The topological polar surface area (TPSA) is 58.0 Å². The van der Waals surface area contributed by atoms with Crippen LogP contribution in [0, 0.1) is 5.92 Å². The molecule has 0 N–H and O–H groups in total. The zero-order valence-corrected chi connectivity index (χ0v) is 15.1. The predicted octanol–water partition coefficient (Wildman–Crippen LogP) is 2.55. The van der Waals surface area contributed by atoms with Gasteiger partial charge in [-0.15, -0.1) is 5.10 Å². The molecule has 5 rings (SSSR count). The van der Waals surface area contributed by atoms with Crippen LogP contribution in [-0.4, -0.2) is 50.1 Å². The summed E-state index contributed by atoms with van der Waals surface area (Å²) in [4.78, 5) is 15.3. The Hall–Kier alpha value is -1.60. The van der Waals surface area contributed by atoms with Gasteiger partial charge in [-0.2, -0.15) is 0 Å². The maximum atomic E-state index is 4.46. The third-order valence-electron chi connectivity index (χ3n) is 5.14. The molecule has 2 aromatic heterocycles. The molecule has 2 unspecified atom stereocenters. The molecule has 3 aliphatic rings. The second kappa shape index (κ2) is 6.72. The van der Waals surface area contributed by atoms with Gasteiger partial charge in [-0.3, -0.25) is 4.90 Å². The van der Waals surface area contributed by atoms with Crippen molar-refractivity contribution in [3.05, 3.63) is 29.0 Å². The second-order valence-electron chi connectivity index (χ2n) is 7.22. The van der Waals surface area contributed by atoms with Crippen LogP contribution in [0.3, 0.4) is 0 Å². The third-order valence-corrected chi connectivity index (χ3v) is 5.86. The van der Waals surface area contributed by atoms with Gasteiger partial charge in [0.25, 0.3) is 0 Å². The Kier molecular flexibility index (Phi) is 4.45. The lowest BCUT2D eigenvalue weighted by Crippen LogP contribution is -2.43. The molecule has 0 amide bonds. The van der Waals surface area contributed by atoms with E-state index in [1.165, 1.54) is 23.4 Å². The van der Waals surface area contributed by atoms with Gasteiger partial charge >= 0.3 is 0 Å². The summed E-state index contributed by atoms with van der Waals surface area (Å²) in [5.41, 5.74) is 1.17. The Labute approximate surface area is 147 Å². The normalized spacial score (nSPS) is 24.5. The first kappa shape index (κ1) is 15.9. The van der Waals surface area contributed by atoms with Crippen LogP contribution in [0.15, 0.2) is 18.5 Å². The minimum absolute atomic E-state index is 0.442. The number of hydrogen-bond donors (Lipinski definition) is 0. The minimum atomic E-state index is 0.442. The summed E-state index contributed by atoms with van der Waals surface area (Å²) in [6, 6.07) is 2.45. The average Bonchev–Trinajstić information content (AvgIpc) is 2.87. The molecule has 3 fully saturated rings. The molecular formula is C17H24N6S. The van der Waals surface area contributed by atoms with E-state index in [9.17, 15) is 0 Å². The van der Waals surface area contributed by atoms with Crippen molar-refractivity contribution in [2.24, 2.45) is 5.92 Å². The van der Waals surface area contributed by atoms with E-state index in [1.54, 1.807) is 11.5 Å². The van der Waals surface area contributed by atoms with E-state index in [4.69, 9.17) is 0 Å². The molecule has 128 valence electrons. The van der Waals surface area contributed by atoms with Gasteiger partial charge in [0.15, 0.2) is 0 Å². The highest BCUT2D eigenvalue weighted by Gasteiger charge is 2.36. The highest BCUT2D eigenvalue weighted by molar-refractivity contribution is 7.05. The Morgan fingerprint density at radius 2 is 2.00 bits per heavy atom. The molecule has 2 bridgehead atoms. The first-order valence-corrected chi connectivity index (χ1v) is 9.55. The Bertz CT molecular complexity index is 673. The number of nitrogens with zero attached hydrogens (tertiary/aromatic N) is 6. The molecule has 3 aliphatic heterocycles. The van der Waals surface area contributed by atoms with E-state index in [0.29, 0.717) is 17.9 Å². The fourth-order valence-electron chi connectivity index (χ4n) is 3.94. The summed E-state index contributed by atoms with van der Waals surface area (Å²) in [7, 11) is 0. The Balaban J connectivity index is 1.52. The van der Waals surface area contributed by atoms with E-state index in [2.05, 4.69) is 43.2 Å². The summed E-state index contributed by atoms with van der Waals surface area (Å²) in [6.07, 6.45) is 6.25. The van der Waals surface area contributed by atoms with Crippen LogP contribution in [-0.2, 0) is 6.54 Å². The van der Waals surface area contributed by atoms with Gasteiger partial charge in [0.2, 0.25) is 5.95 Å². The molecule has 0 radical (unpaired) electrons. The summed E-state index contributed by atoms with van der Waals surface area (Å²) < 4.78 is 4.19. The molecule has 2 aromatic rings. The van der Waals surface area contributed by atoms with E-state index < -0.39 is 0 Å². The highest BCUT2D eigenvalue weighted by Crippen LogP contribution is 2.32. The standard InChI is InChI=1S/C17H24N6S/c1-12(2)16-15(24-21-20-16)11-22-8-13-4-5-14(22)10-23(9-13)17-18-6-3-7-19-17/h3,6-7,12-14H,4-5,8-11H2,1-2H3. The van der Waals surface area contributed by atoms with Crippen molar-refractivity contribution in [3.8, 4) is 0 Å². The van der Waals surface area contributed by atoms with Crippen molar-refractivity contribution in [2.75, 3.05) is 24.5 Å². The van der Waals surface area contributed by atoms with Crippen LogP contribution in [0.4, 0.5) is 5.95 Å². The Morgan fingerprint density at radius 3 is 2.79 bits per heavy atom. The maximum absolute atomic E-state index is 4.46. The molecular weight excluding hydrogens is 320 g/mol. The molecule has 0 aliphatic carbocycles. The van der Waals surface area contributed by atoms with Crippen LogP contribution in [0.1, 0.15) is 43.2 Å². The molecule has 0 aromatic carbocycles. The molecule has 5 heterocycles. The zero-order chi connectivity index (χ0) is 16.5. The van der Waals surface area contributed by atoms with Gasteiger partial charge < -0.3 is 4.90 Å². The summed E-state index contributed by atoms with van der Waals surface area (Å²) in [6.45, 7) is 8.62. The van der Waals surface area contributed by atoms with Gasteiger partial charge in [0.1, 0.15) is 0 Å². The third kappa shape index (κ3) is 3.15. The SMILES string of the molecule is CC(C)c1nnsc1CN1CC2CCC1CN(c1ncccn1)C2. The number of fused-ring (bicyclic) bond motifs is 4. The molecule has 0 saturated carbocycles. The van der Waals surface area contributed by atoms with Gasteiger partial charge in [0, 0.05) is 44.6 Å². The summed E-state index contributed by atoms with van der Waals surface area (Å²) in [5.74, 6) is 2.01. The number of rotatable bonds is 4. The number of hydrogen-bond acceptors (Lipinski definition) is 7. The largest absolute Gasteiger partial charge is 0.339 e. The minimum Gasteiger partial charge on any atom is -0.339 e.